The molecule has 25 heavy (non-hydrogen) atoms. The van der Waals surface area contributed by atoms with Gasteiger partial charge in [-0.25, -0.2) is 4.79 Å². The van der Waals surface area contributed by atoms with Gasteiger partial charge in [0.2, 0.25) is 0 Å². The molecular weight excluding hydrogens is 334 g/mol. The minimum Gasteiger partial charge on any atom is -0.489 e. The molecule has 1 N–H and O–H groups in total. The van der Waals surface area contributed by atoms with Gasteiger partial charge in [-0.1, -0.05) is 30.3 Å². The molecule has 4 nitrogen and oxygen atoms in total. The van der Waals surface area contributed by atoms with Gasteiger partial charge in [0.15, 0.2) is 0 Å². The number of nitrogens with zero attached hydrogens (tertiary/aromatic N) is 1. The molecule has 0 spiro atoms. The van der Waals surface area contributed by atoms with E-state index in [2.05, 4.69) is 17.6 Å². The third-order valence-corrected chi connectivity index (χ3v) is 4.38. The third kappa shape index (κ3) is 4.31. The van der Waals surface area contributed by atoms with Gasteiger partial charge in [-0.2, -0.15) is 0 Å². The molecule has 1 aliphatic rings. The molecule has 5 heteroatoms. The Hall–Kier alpha value is -2.53. The summed E-state index contributed by atoms with van der Waals surface area (Å²) >= 11 is 4.41. The SMILES string of the molecule is CC1=CC(C(=O)O)=NC1Cc1cc(S)ccc1OCc1ccccc1. The summed E-state index contributed by atoms with van der Waals surface area (Å²) in [5, 5.41) is 9.11. The average molecular weight is 353 g/mol. The standard InChI is InChI=1S/C20H19NO3S/c1-13-9-18(20(22)23)21-17(13)11-15-10-16(25)7-8-19(15)24-12-14-5-3-2-4-6-14/h2-10,17,25H,11-12H2,1H3,(H,22,23). The number of aliphatic imine (C=N–C) groups is 1. The van der Waals surface area contributed by atoms with Crippen LogP contribution >= 0.6 is 12.6 Å². The van der Waals surface area contributed by atoms with Crippen LogP contribution in [-0.4, -0.2) is 22.8 Å². The lowest BCUT2D eigenvalue weighted by Crippen LogP contribution is -2.11. The molecule has 1 aliphatic heterocycles. The molecule has 0 fully saturated rings. The fraction of sp³-hybridized carbons (Fsp3) is 0.200. The molecule has 3 rings (SSSR count). The molecule has 0 aromatic heterocycles. The van der Waals surface area contributed by atoms with Gasteiger partial charge in [0.05, 0.1) is 6.04 Å². The number of carboxylic acids is 1. The molecule has 0 saturated heterocycles. The normalized spacial score (nSPS) is 16.3. The van der Waals surface area contributed by atoms with Crippen molar-refractivity contribution >= 4 is 24.3 Å². The summed E-state index contributed by atoms with van der Waals surface area (Å²) in [4.78, 5) is 16.2. The Morgan fingerprint density at radius 3 is 2.68 bits per heavy atom. The first kappa shape index (κ1) is 17.3. The van der Waals surface area contributed by atoms with Crippen LogP contribution in [0.25, 0.3) is 0 Å². The summed E-state index contributed by atoms with van der Waals surface area (Å²) in [7, 11) is 0. The van der Waals surface area contributed by atoms with Gasteiger partial charge in [0.1, 0.15) is 18.1 Å². The molecule has 2 aromatic carbocycles. The fourth-order valence-corrected chi connectivity index (χ4v) is 2.98. The Kier molecular flexibility index (Phi) is 5.24. The molecule has 0 amide bonds. The average Bonchev–Trinajstić information content (AvgIpc) is 2.96. The van der Waals surface area contributed by atoms with Crippen molar-refractivity contribution < 1.29 is 14.6 Å². The molecule has 0 aliphatic carbocycles. The Labute approximate surface area is 152 Å². The van der Waals surface area contributed by atoms with Crippen molar-refractivity contribution in [1.82, 2.24) is 0 Å². The van der Waals surface area contributed by atoms with Crippen molar-refractivity contribution in [2.24, 2.45) is 4.99 Å². The lowest BCUT2D eigenvalue weighted by Gasteiger charge is -2.15. The highest BCUT2D eigenvalue weighted by molar-refractivity contribution is 7.80. The Morgan fingerprint density at radius 2 is 2.00 bits per heavy atom. The van der Waals surface area contributed by atoms with E-state index in [-0.39, 0.29) is 11.8 Å². The molecule has 0 saturated carbocycles. The highest BCUT2D eigenvalue weighted by Crippen LogP contribution is 2.28. The van der Waals surface area contributed by atoms with E-state index in [4.69, 9.17) is 9.84 Å². The zero-order valence-electron chi connectivity index (χ0n) is 13.8. The molecule has 2 aromatic rings. The van der Waals surface area contributed by atoms with E-state index in [1.165, 1.54) is 0 Å². The second kappa shape index (κ2) is 7.57. The predicted molar refractivity (Wildman–Crippen MR) is 101 cm³/mol. The Bertz CT molecular complexity index is 843. The van der Waals surface area contributed by atoms with Crippen LogP contribution in [0, 0.1) is 0 Å². The van der Waals surface area contributed by atoms with E-state index in [0.29, 0.717) is 13.0 Å². The number of aliphatic carboxylic acids is 1. The van der Waals surface area contributed by atoms with Crippen molar-refractivity contribution in [2.45, 2.75) is 30.9 Å². The topological polar surface area (TPSA) is 58.9 Å². The van der Waals surface area contributed by atoms with Gasteiger partial charge in [-0.15, -0.1) is 12.6 Å². The van der Waals surface area contributed by atoms with Gasteiger partial charge >= 0.3 is 5.97 Å². The number of hydrogen-bond acceptors (Lipinski definition) is 4. The lowest BCUT2D eigenvalue weighted by atomic mass is 10.0. The first-order valence-electron chi connectivity index (χ1n) is 8.01. The number of benzene rings is 2. The zero-order chi connectivity index (χ0) is 17.8. The largest absolute Gasteiger partial charge is 0.489 e. The van der Waals surface area contributed by atoms with Crippen LogP contribution in [0.15, 0.2) is 70.1 Å². The van der Waals surface area contributed by atoms with E-state index in [0.717, 1.165) is 27.3 Å². The van der Waals surface area contributed by atoms with E-state index >= 15 is 0 Å². The number of thiol groups is 1. The van der Waals surface area contributed by atoms with Gasteiger partial charge in [-0.3, -0.25) is 4.99 Å². The first-order valence-corrected chi connectivity index (χ1v) is 8.45. The fourth-order valence-electron chi connectivity index (χ4n) is 2.75. The minimum atomic E-state index is -0.995. The molecule has 1 unspecified atom stereocenters. The lowest BCUT2D eigenvalue weighted by molar-refractivity contribution is -0.129. The second-order valence-corrected chi connectivity index (χ2v) is 6.51. The van der Waals surface area contributed by atoms with Crippen LogP contribution in [0.5, 0.6) is 5.75 Å². The Balaban J connectivity index is 1.78. The summed E-state index contributed by atoms with van der Waals surface area (Å²) in [6.07, 6.45) is 2.21. The molecule has 1 atom stereocenters. The Morgan fingerprint density at radius 1 is 1.24 bits per heavy atom. The summed E-state index contributed by atoms with van der Waals surface area (Å²) in [5.41, 5.74) is 3.11. The molecule has 128 valence electrons. The molecule has 0 bridgehead atoms. The van der Waals surface area contributed by atoms with Gasteiger partial charge in [0, 0.05) is 11.3 Å². The number of hydrogen-bond donors (Lipinski definition) is 2. The molecular formula is C20H19NO3S. The number of rotatable bonds is 6. The molecule has 0 radical (unpaired) electrons. The summed E-state index contributed by atoms with van der Waals surface area (Å²) < 4.78 is 5.98. The van der Waals surface area contributed by atoms with Gasteiger partial charge in [-0.05, 0) is 47.9 Å². The van der Waals surface area contributed by atoms with E-state index < -0.39 is 5.97 Å². The van der Waals surface area contributed by atoms with Crippen LogP contribution in [0.4, 0.5) is 0 Å². The maximum Gasteiger partial charge on any atom is 0.354 e. The zero-order valence-corrected chi connectivity index (χ0v) is 14.7. The quantitative estimate of drug-likeness (QED) is 0.773. The van der Waals surface area contributed by atoms with Crippen LogP contribution in [-0.2, 0) is 17.8 Å². The maximum absolute atomic E-state index is 11.1. The highest BCUT2D eigenvalue weighted by Gasteiger charge is 2.22. The molecule has 1 heterocycles. The third-order valence-electron chi connectivity index (χ3n) is 4.10. The maximum atomic E-state index is 11.1. The van der Waals surface area contributed by atoms with Crippen LogP contribution in [0.1, 0.15) is 18.1 Å². The van der Waals surface area contributed by atoms with Crippen molar-refractivity contribution in [3.8, 4) is 5.75 Å². The van der Waals surface area contributed by atoms with Gasteiger partial charge in [0.25, 0.3) is 0 Å². The predicted octanol–water partition coefficient (Wildman–Crippen LogP) is 3.95. The van der Waals surface area contributed by atoms with Crippen molar-refractivity contribution in [2.75, 3.05) is 0 Å². The summed E-state index contributed by atoms with van der Waals surface area (Å²) in [6.45, 7) is 2.38. The summed E-state index contributed by atoms with van der Waals surface area (Å²) in [6, 6.07) is 15.5. The minimum absolute atomic E-state index is 0.108. The first-order chi connectivity index (χ1) is 12.0. The van der Waals surface area contributed by atoms with Crippen LogP contribution < -0.4 is 4.74 Å². The van der Waals surface area contributed by atoms with Crippen molar-refractivity contribution in [1.29, 1.82) is 0 Å². The van der Waals surface area contributed by atoms with Crippen molar-refractivity contribution in [3.05, 3.63) is 71.3 Å². The van der Waals surface area contributed by atoms with Gasteiger partial charge < -0.3 is 9.84 Å². The number of ether oxygens (including phenoxy) is 1. The number of carboxylic acid groups (broad SMARTS) is 1. The van der Waals surface area contributed by atoms with E-state index in [1.807, 2.05) is 55.5 Å². The van der Waals surface area contributed by atoms with E-state index in [9.17, 15) is 4.79 Å². The smallest absolute Gasteiger partial charge is 0.354 e. The highest BCUT2D eigenvalue weighted by atomic mass is 32.1. The van der Waals surface area contributed by atoms with Crippen LogP contribution in [0.3, 0.4) is 0 Å². The van der Waals surface area contributed by atoms with Crippen LogP contribution in [0.2, 0.25) is 0 Å². The monoisotopic (exact) mass is 353 g/mol. The van der Waals surface area contributed by atoms with E-state index in [1.54, 1.807) is 6.08 Å². The second-order valence-electron chi connectivity index (χ2n) is 5.99. The summed E-state index contributed by atoms with van der Waals surface area (Å²) in [5.74, 6) is -0.223. The number of carbonyl (C=O) groups is 1. The van der Waals surface area contributed by atoms with Crippen molar-refractivity contribution in [3.63, 3.8) is 0 Å².